The van der Waals surface area contributed by atoms with Crippen LogP contribution in [0.25, 0.3) is 0 Å². The molecule has 0 spiro atoms. The summed E-state index contributed by atoms with van der Waals surface area (Å²) in [6.45, 7) is 10.8. The normalized spacial score (nSPS) is 26.0. The Morgan fingerprint density at radius 3 is 2.18 bits per heavy atom. The molecule has 0 unspecified atom stereocenters. The van der Waals surface area contributed by atoms with Crippen LogP contribution in [0, 0.1) is 5.92 Å². The minimum Gasteiger partial charge on any atom is -0.461 e. The van der Waals surface area contributed by atoms with E-state index in [0.717, 1.165) is 5.57 Å². The van der Waals surface area contributed by atoms with E-state index in [1.165, 1.54) is 10.4 Å². The van der Waals surface area contributed by atoms with Gasteiger partial charge < -0.3 is 23.7 Å². The van der Waals surface area contributed by atoms with Crippen molar-refractivity contribution in [3.8, 4) is 0 Å². The van der Waals surface area contributed by atoms with Crippen LogP contribution in [-0.2, 0) is 23.4 Å². The second-order valence-corrected chi connectivity index (χ2v) is 16.4. The Kier molecular flexibility index (Phi) is 9.01. The Balaban J connectivity index is 1.73. The minimum absolute atomic E-state index is 0.198. The number of hydrogen-bond acceptors (Lipinski definition) is 6. The zero-order valence-electron chi connectivity index (χ0n) is 22.9. The Labute approximate surface area is 235 Å². The van der Waals surface area contributed by atoms with Crippen LogP contribution in [0.4, 0.5) is 0 Å². The molecule has 4 rings (SSSR count). The van der Waals surface area contributed by atoms with Gasteiger partial charge in [0, 0.05) is 6.42 Å². The van der Waals surface area contributed by atoms with Crippen LogP contribution in [0.2, 0.25) is 5.04 Å². The number of alkyl halides is 1. The van der Waals surface area contributed by atoms with Crippen molar-refractivity contribution in [1.82, 2.24) is 0 Å². The molecule has 0 aromatic heterocycles. The number of carbonyl (C=O) groups is 1. The third-order valence-electron chi connectivity index (χ3n) is 7.42. The lowest BCUT2D eigenvalue weighted by atomic mass is 9.73. The fourth-order valence-electron chi connectivity index (χ4n) is 5.73. The second-order valence-electron chi connectivity index (χ2n) is 11.4. The lowest BCUT2D eigenvalue weighted by Gasteiger charge is -2.49. The summed E-state index contributed by atoms with van der Waals surface area (Å²) in [6.07, 6.45) is 0.217. The van der Waals surface area contributed by atoms with Crippen molar-refractivity contribution in [3.05, 3.63) is 72.3 Å². The lowest BCUT2D eigenvalue weighted by Crippen LogP contribution is -2.67. The van der Waals surface area contributed by atoms with Gasteiger partial charge in [0.15, 0.2) is 11.9 Å². The maximum absolute atomic E-state index is 13.5. The van der Waals surface area contributed by atoms with Crippen molar-refractivity contribution in [1.29, 1.82) is 0 Å². The van der Waals surface area contributed by atoms with Gasteiger partial charge in [-0.1, -0.05) is 103 Å². The fraction of sp³-hybridized carbons (Fsp3) is 0.500. The van der Waals surface area contributed by atoms with E-state index in [4.69, 9.17) is 18.6 Å². The van der Waals surface area contributed by atoms with Crippen LogP contribution in [0.1, 0.15) is 41.0 Å². The molecule has 0 bridgehead atoms. The van der Waals surface area contributed by atoms with Gasteiger partial charge in [-0.05, 0) is 34.8 Å². The van der Waals surface area contributed by atoms with Gasteiger partial charge >= 0.3 is 5.97 Å². The highest BCUT2D eigenvalue weighted by molar-refractivity contribution is 9.09. The molecule has 4 atom stereocenters. The number of carbonyl (C=O) groups excluding carboxylic acids is 1. The summed E-state index contributed by atoms with van der Waals surface area (Å²) < 4.78 is 24.8. The smallest absolute Gasteiger partial charge is 0.339 e. The molecular formula is C30H39BrO6Si. The Morgan fingerprint density at radius 1 is 1.11 bits per heavy atom. The number of aliphatic hydroxyl groups is 1. The Morgan fingerprint density at radius 2 is 1.68 bits per heavy atom. The summed E-state index contributed by atoms with van der Waals surface area (Å²) in [7, 11) is -2.81. The molecule has 1 N–H and O–H groups in total. The predicted molar refractivity (Wildman–Crippen MR) is 154 cm³/mol. The topological polar surface area (TPSA) is 74.2 Å². The van der Waals surface area contributed by atoms with Crippen molar-refractivity contribution in [2.75, 3.05) is 18.5 Å². The third kappa shape index (κ3) is 5.57. The van der Waals surface area contributed by atoms with E-state index in [1.807, 2.05) is 32.1 Å². The first-order valence-electron chi connectivity index (χ1n) is 13.2. The van der Waals surface area contributed by atoms with Crippen LogP contribution >= 0.6 is 15.9 Å². The van der Waals surface area contributed by atoms with Gasteiger partial charge in [-0.2, -0.15) is 0 Å². The molecule has 8 heteroatoms. The minimum atomic E-state index is -2.81. The van der Waals surface area contributed by atoms with Crippen molar-refractivity contribution >= 4 is 40.6 Å². The standard InChI is InChI=1S/C30H39BrO6Si/c1-21(2)36-28(33)30-17-22(16-26(32)25(30)20-34-27(18-31)37-30)19-35-38(29(3,4)5,23-12-8-6-9-13-23)24-14-10-7-11-15-24/h6-16,21,25-27,32H,17-20H2,1-5H3/t25-,26+,27-,30+/m1/s1. The summed E-state index contributed by atoms with van der Waals surface area (Å²) in [5.74, 6) is -1.04. The number of aliphatic hydroxyl groups excluding tert-OH is 1. The molecule has 1 aliphatic heterocycles. The Bertz CT molecular complexity index is 1080. The molecule has 0 radical (unpaired) electrons. The monoisotopic (exact) mass is 602 g/mol. The van der Waals surface area contributed by atoms with Gasteiger partial charge in [-0.15, -0.1) is 0 Å². The maximum Gasteiger partial charge on any atom is 0.339 e. The van der Waals surface area contributed by atoms with Gasteiger partial charge in [0.1, 0.15) is 0 Å². The van der Waals surface area contributed by atoms with Gasteiger partial charge in [-0.25, -0.2) is 4.79 Å². The van der Waals surface area contributed by atoms with Gasteiger partial charge in [0.25, 0.3) is 8.32 Å². The molecule has 2 aromatic carbocycles. The zero-order chi connectivity index (χ0) is 27.6. The number of halogens is 1. The largest absolute Gasteiger partial charge is 0.461 e. The average molecular weight is 604 g/mol. The molecule has 1 heterocycles. The third-order valence-corrected chi connectivity index (χ3v) is 12.9. The predicted octanol–water partition coefficient (Wildman–Crippen LogP) is 4.33. The van der Waals surface area contributed by atoms with E-state index < -0.39 is 38.2 Å². The van der Waals surface area contributed by atoms with Crippen LogP contribution in [0.5, 0.6) is 0 Å². The number of hydrogen-bond donors (Lipinski definition) is 1. The number of rotatable bonds is 8. The Hall–Kier alpha value is -1.81. The quantitative estimate of drug-likeness (QED) is 0.210. The molecule has 1 saturated heterocycles. The molecule has 38 heavy (non-hydrogen) atoms. The average Bonchev–Trinajstić information content (AvgIpc) is 2.88. The molecule has 1 aliphatic carbocycles. The van der Waals surface area contributed by atoms with Crippen LogP contribution < -0.4 is 10.4 Å². The summed E-state index contributed by atoms with van der Waals surface area (Å²) in [5.41, 5.74) is -0.531. The molecule has 206 valence electrons. The maximum atomic E-state index is 13.5. The van der Waals surface area contributed by atoms with Crippen molar-refractivity contribution in [2.45, 2.75) is 70.2 Å². The molecule has 1 fully saturated rings. The van der Waals surface area contributed by atoms with E-state index in [1.54, 1.807) is 0 Å². The van der Waals surface area contributed by atoms with E-state index in [-0.39, 0.29) is 30.8 Å². The van der Waals surface area contributed by atoms with Crippen molar-refractivity contribution < 1.29 is 28.5 Å². The van der Waals surface area contributed by atoms with Crippen LogP contribution in [0.3, 0.4) is 0 Å². The van der Waals surface area contributed by atoms with E-state index >= 15 is 0 Å². The summed E-state index contributed by atoms with van der Waals surface area (Å²) >= 11 is 3.41. The van der Waals surface area contributed by atoms with E-state index in [9.17, 15) is 9.90 Å². The molecule has 6 nitrogen and oxygen atoms in total. The van der Waals surface area contributed by atoms with E-state index in [2.05, 4.69) is 85.2 Å². The van der Waals surface area contributed by atoms with Crippen molar-refractivity contribution in [3.63, 3.8) is 0 Å². The summed E-state index contributed by atoms with van der Waals surface area (Å²) in [5, 5.41) is 13.8. The highest BCUT2D eigenvalue weighted by Crippen LogP contribution is 2.44. The summed E-state index contributed by atoms with van der Waals surface area (Å²) in [6, 6.07) is 20.8. The SMILES string of the molecule is CC(C)OC(=O)[C@]12CC(CO[Si](c3ccccc3)(c3ccccc3)C(C)(C)C)=C[C@H](O)[C@H]1CO[C@@H](CBr)O2. The van der Waals surface area contributed by atoms with Gasteiger partial charge in [0.2, 0.25) is 0 Å². The zero-order valence-corrected chi connectivity index (χ0v) is 25.4. The fourth-order valence-corrected chi connectivity index (χ4v) is 10.6. The van der Waals surface area contributed by atoms with Crippen molar-refractivity contribution in [2.24, 2.45) is 5.92 Å². The molecule has 0 amide bonds. The number of benzene rings is 2. The highest BCUT2D eigenvalue weighted by atomic mass is 79.9. The second kappa shape index (κ2) is 11.7. The first kappa shape index (κ1) is 29.2. The van der Waals surface area contributed by atoms with E-state index in [0.29, 0.717) is 5.33 Å². The molecule has 2 aliphatic rings. The summed E-state index contributed by atoms with van der Waals surface area (Å²) in [4.78, 5) is 13.5. The van der Waals surface area contributed by atoms with Crippen LogP contribution in [0.15, 0.2) is 72.3 Å². The first-order chi connectivity index (χ1) is 18.0. The van der Waals surface area contributed by atoms with Gasteiger partial charge in [0.05, 0.1) is 36.7 Å². The first-order valence-corrected chi connectivity index (χ1v) is 16.3. The molecule has 2 aromatic rings. The molecular weight excluding hydrogens is 564 g/mol. The highest BCUT2D eigenvalue weighted by Gasteiger charge is 2.58. The number of ether oxygens (including phenoxy) is 3. The molecule has 0 saturated carbocycles. The number of esters is 1. The lowest BCUT2D eigenvalue weighted by molar-refractivity contribution is -0.286. The number of fused-ring (bicyclic) bond motifs is 1. The van der Waals surface area contributed by atoms with Crippen LogP contribution in [-0.4, -0.2) is 62.0 Å². The van der Waals surface area contributed by atoms with Gasteiger partial charge in [-0.3, -0.25) is 0 Å².